The Bertz CT molecular complexity index is 286. The Hall–Kier alpha value is -1.17. The molecule has 1 aromatic rings. The molecule has 1 rings (SSSR count). The minimum atomic E-state index is -1.61. The van der Waals surface area contributed by atoms with Gasteiger partial charge in [-0.2, -0.15) is 9.97 Å². The number of hydrogen-bond donors (Lipinski definition) is 1. The van der Waals surface area contributed by atoms with Gasteiger partial charge in [-0.25, -0.2) is 4.98 Å². The summed E-state index contributed by atoms with van der Waals surface area (Å²) in [5.41, 5.74) is 0. The topological polar surface area (TPSA) is 59.9 Å². The fraction of sp³-hybridized carbons (Fsp3) is 0.571. The molecule has 0 unspecified atom stereocenters. The molecule has 0 aromatic carbocycles. The molecule has 0 saturated carbocycles. The molecule has 0 spiro atoms. The van der Waals surface area contributed by atoms with Crippen molar-refractivity contribution in [2.24, 2.45) is 0 Å². The van der Waals surface area contributed by atoms with Crippen molar-refractivity contribution in [1.29, 1.82) is 0 Å². The molecule has 0 bridgehead atoms. The molecule has 6 heteroatoms. The van der Waals surface area contributed by atoms with Gasteiger partial charge in [0.2, 0.25) is 14.3 Å². The Morgan fingerprint density at radius 2 is 2.00 bits per heavy atom. The van der Waals surface area contributed by atoms with Crippen LogP contribution in [0.2, 0.25) is 19.6 Å². The average molecular weight is 198 g/mol. The van der Waals surface area contributed by atoms with Gasteiger partial charge < -0.3 is 9.74 Å². The van der Waals surface area contributed by atoms with Crippen LogP contribution in [0, 0.1) is 0 Å². The fourth-order valence-electron chi connectivity index (χ4n) is 0.725. The number of nitrogens with one attached hydrogen (secondary N) is 1. The summed E-state index contributed by atoms with van der Waals surface area (Å²) in [6, 6.07) is 0.401. The lowest BCUT2D eigenvalue weighted by atomic mass is 10.9. The van der Waals surface area contributed by atoms with Gasteiger partial charge >= 0.3 is 6.01 Å². The van der Waals surface area contributed by atoms with Crippen LogP contribution in [0.5, 0.6) is 6.01 Å². The third kappa shape index (κ3) is 3.37. The molecule has 1 N–H and O–H groups in total. The fourth-order valence-corrected chi connectivity index (χ4v) is 1.37. The SMILES string of the molecule is CNc1ncnc(O[Si](C)(C)C)n1. The Morgan fingerprint density at radius 1 is 1.31 bits per heavy atom. The number of anilines is 1. The van der Waals surface area contributed by atoms with E-state index < -0.39 is 8.32 Å². The molecule has 0 aliphatic carbocycles. The number of aromatic nitrogens is 3. The van der Waals surface area contributed by atoms with Crippen molar-refractivity contribution in [2.75, 3.05) is 12.4 Å². The van der Waals surface area contributed by atoms with E-state index in [0.717, 1.165) is 0 Å². The van der Waals surface area contributed by atoms with Gasteiger partial charge in [0.05, 0.1) is 0 Å². The van der Waals surface area contributed by atoms with E-state index in [1.54, 1.807) is 7.05 Å². The lowest BCUT2D eigenvalue weighted by Gasteiger charge is -2.16. The first kappa shape index (κ1) is 9.91. The highest BCUT2D eigenvalue weighted by Gasteiger charge is 2.17. The molecule has 0 saturated heterocycles. The van der Waals surface area contributed by atoms with Crippen molar-refractivity contribution in [3.63, 3.8) is 0 Å². The molecule has 72 valence electrons. The lowest BCUT2D eigenvalue weighted by Crippen LogP contribution is -2.30. The van der Waals surface area contributed by atoms with E-state index in [1.807, 2.05) is 0 Å². The smallest absolute Gasteiger partial charge is 0.307 e. The summed E-state index contributed by atoms with van der Waals surface area (Å²) in [5.74, 6) is 0.531. The van der Waals surface area contributed by atoms with Gasteiger partial charge in [-0.05, 0) is 19.6 Å². The highest BCUT2D eigenvalue weighted by atomic mass is 28.4. The van der Waals surface area contributed by atoms with Gasteiger partial charge in [0, 0.05) is 7.05 Å². The minimum Gasteiger partial charge on any atom is -0.518 e. The summed E-state index contributed by atoms with van der Waals surface area (Å²) in [6.45, 7) is 6.24. The van der Waals surface area contributed by atoms with Gasteiger partial charge in [0.25, 0.3) is 0 Å². The Balaban J connectivity index is 2.78. The first-order valence-electron chi connectivity index (χ1n) is 4.07. The van der Waals surface area contributed by atoms with Crippen molar-refractivity contribution in [1.82, 2.24) is 15.0 Å². The molecular formula is C7H14N4OSi. The van der Waals surface area contributed by atoms with Crippen LogP contribution in [0.25, 0.3) is 0 Å². The predicted molar refractivity (Wildman–Crippen MR) is 53.3 cm³/mol. The summed E-state index contributed by atoms with van der Waals surface area (Å²) in [6.07, 6.45) is 1.44. The second-order valence-corrected chi connectivity index (χ2v) is 7.98. The van der Waals surface area contributed by atoms with E-state index >= 15 is 0 Å². The third-order valence-corrected chi connectivity index (χ3v) is 1.97. The predicted octanol–water partition coefficient (Wildman–Crippen LogP) is 1.13. The van der Waals surface area contributed by atoms with E-state index in [1.165, 1.54) is 6.33 Å². The highest BCUT2D eigenvalue weighted by Crippen LogP contribution is 2.10. The van der Waals surface area contributed by atoms with Crippen LogP contribution in [0.3, 0.4) is 0 Å². The summed E-state index contributed by atoms with van der Waals surface area (Å²) in [5, 5.41) is 2.83. The average Bonchev–Trinajstić information content (AvgIpc) is 2.01. The van der Waals surface area contributed by atoms with Crippen LogP contribution in [0.1, 0.15) is 0 Å². The zero-order chi connectivity index (χ0) is 9.90. The van der Waals surface area contributed by atoms with E-state index in [-0.39, 0.29) is 0 Å². The quantitative estimate of drug-likeness (QED) is 0.738. The maximum atomic E-state index is 5.58. The molecule has 1 aromatic heterocycles. The second-order valence-electron chi connectivity index (χ2n) is 3.56. The van der Waals surface area contributed by atoms with Gasteiger partial charge in [0.1, 0.15) is 6.33 Å². The molecule has 0 aliphatic rings. The molecule has 0 amide bonds. The molecule has 5 nitrogen and oxygen atoms in total. The number of hydrogen-bond acceptors (Lipinski definition) is 5. The molecule has 1 heterocycles. The van der Waals surface area contributed by atoms with Crippen molar-refractivity contribution >= 4 is 14.3 Å². The zero-order valence-electron chi connectivity index (χ0n) is 8.33. The van der Waals surface area contributed by atoms with Crippen molar-refractivity contribution in [3.8, 4) is 6.01 Å². The molecule has 0 radical (unpaired) electrons. The number of nitrogens with zero attached hydrogens (tertiary/aromatic N) is 3. The second kappa shape index (κ2) is 3.69. The summed E-state index contributed by atoms with van der Waals surface area (Å²) in [4.78, 5) is 11.9. The van der Waals surface area contributed by atoms with E-state index in [9.17, 15) is 0 Å². The Kier molecular flexibility index (Phi) is 2.82. The van der Waals surface area contributed by atoms with Gasteiger partial charge in [0.15, 0.2) is 0 Å². The van der Waals surface area contributed by atoms with E-state index in [2.05, 4.69) is 39.9 Å². The van der Waals surface area contributed by atoms with Crippen LogP contribution >= 0.6 is 0 Å². The van der Waals surface area contributed by atoms with Gasteiger partial charge in [-0.1, -0.05) is 0 Å². The van der Waals surface area contributed by atoms with Gasteiger partial charge in [-0.3, -0.25) is 0 Å². The first-order chi connectivity index (χ1) is 6.01. The summed E-state index contributed by atoms with van der Waals surface area (Å²) in [7, 11) is 0.143. The Morgan fingerprint density at radius 3 is 2.54 bits per heavy atom. The van der Waals surface area contributed by atoms with Crippen LogP contribution in [-0.2, 0) is 0 Å². The Labute approximate surface area is 78.7 Å². The first-order valence-corrected chi connectivity index (χ1v) is 7.48. The van der Waals surface area contributed by atoms with Crippen molar-refractivity contribution in [2.45, 2.75) is 19.6 Å². The highest BCUT2D eigenvalue weighted by molar-refractivity contribution is 6.70. The summed E-state index contributed by atoms with van der Waals surface area (Å²) < 4.78 is 5.58. The van der Waals surface area contributed by atoms with Gasteiger partial charge in [-0.15, -0.1) is 0 Å². The third-order valence-electron chi connectivity index (χ3n) is 1.17. The molecule has 13 heavy (non-hydrogen) atoms. The summed E-state index contributed by atoms with van der Waals surface area (Å²) >= 11 is 0. The largest absolute Gasteiger partial charge is 0.518 e. The van der Waals surface area contributed by atoms with Crippen LogP contribution in [0.15, 0.2) is 6.33 Å². The van der Waals surface area contributed by atoms with Crippen LogP contribution < -0.4 is 9.74 Å². The van der Waals surface area contributed by atoms with E-state index in [4.69, 9.17) is 4.43 Å². The maximum absolute atomic E-state index is 5.58. The molecule has 0 aliphatic heterocycles. The van der Waals surface area contributed by atoms with Crippen molar-refractivity contribution in [3.05, 3.63) is 6.33 Å². The minimum absolute atomic E-state index is 0.401. The molecule has 0 fully saturated rings. The molecular weight excluding hydrogens is 184 g/mol. The van der Waals surface area contributed by atoms with Crippen LogP contribution in [-0.4, -0.2) is 30.3 Å². The molecule has 0 atom stereocenters. The monoisotopic (exact) mass is 198 g/mol. The lowest BCUT2D eigenvalue weighted by molar-refractivity contribution is 0.507. The number of rotatable bonds is 3. The van der Waals surface area contributed by atoms with Crippen molar-refractivity contribution < 1.29 is 4.43 Å². The standard InChI is InChI=1S/C7H14N4OSi/c1-8-6-9-5-10-7(11-6)12-13(2,3)4/h5H,1-4H3,(H,8,9,10,11). The maximum Gasteiger partial charge on any atom is 0.307 e. The van der Waals surface area contributed by atoms with Crippen LogP contribution in [0.4, 0.5) is 5.95 Å². The zero-order valence-corrected chi connectivity index (χ0v) is 9.33. The normalized spacial score (nSPS) is 11.1. The van der Waals surface area contributed by atoms with E-state index in [0.29, 0.717) is 12.0 Å².